The van der Waals surface area contributed by atoms with E-state index < -0.39 is 0 Å². The first-order chi connectivity index (χ1) is 13.1. The molecule has 0 bridgehead atoms. The van der Waals surface area contributed by atoms with Crippen molar-refractivity contribution >= 4 is 23.4 Å². The van der Waals surface area contributed by atoms with E-state index in [2.05, 4.69) is 15.3 Å². The van der Waals surface area contributed by atoms with Crippen molar-refractivity contribution in [3.8, 4) is 22.8 Å². The van der Waals surface area contributed by atoms with E-state index in [0.29, 0.717) is 33.6 Å². The maximum absolute atomic E-state index is 12.9. The lowest BCUT2D eigenvalue weighted by atomic mass is 10.1. The maximum Gasteiger partial charge on any atom is 0.259 e. The molecular formula is C20H19N3O3S. The fraction of sp³-hybridized carbons (Fsp3) is 0.150. The number of anilines is 1. The summed E-state index contributed by atoms with van der Waals surface area (Å²) in [4.78, 5) is 21.7. The normalized spacial score (nSPS) is 10.3. The van der Waals surface area contributed by atoms with Crippen molar-refractivity contribution in [2.75, 3.05) is 25.8 Å². The van der Waals surface area contributed by atoms with Crippen LogP contribution in [0.1, 0.15) is 10.4 Å². The van der Waals surface area contributed by atoms with Gasteiger partial charge in [0.05, 0.1) is 25.5 Å². The number of carbonyl (C=O) groups excluding carboxylic acids is 1. The Labute approximate surface area is 162 Å². The Morgan fingerprint density at radius 2 is 1.70 bits per heavy atom. The average molecular weight is 381 g/mol. The zero-order valence-electron chi connectivity index (χ0n) is 15.2. The number of aromatic nitrogens is 2. The topological polar surface area (TPSA) is 73.3 Å². The van der Waals surface area contributed by atoms with Gasteiger partial charge in [0.2, 0.25) is 0 Å². The number of carbonyl (C=O) groups is 1. The van der Waals surface area contributed by atoms with Crippen molar-refractivity contribution in [1.82, 2.24) is 9.97 Å². The van der Waals surface area contributed by atoms with Crippen molar-refractivity contribution in [3.63, 3.8) is 0 Å². The monoisotopic (exact) mass is 381 g/mol. The van der Waals surface area contributed by atoms with E-state index in [1.54, 1.807) is 38.6 Å². The number of hydrogen-bond acceptors (Lipinski definition) is 6. The average Bonchev–Trinajstić information content (AvgIpc) is 2.73. The van der Waals surface area contributed by atoms with Crippen molar-refractivity contribution in [2.45, 2.75) is 5.16 Å². The maximum atomic E-state index is 12.9. The van der Waals surface area contributed by atoms with E-state index >= 15 is 0 Å². The van der Waals surface area contributed by atoms with Crippen LogP contribution < -0.4 is 14.8 Å². The molecule has 138 valence electrons. The quantitative estimate of drug-likeness (QED) is 0.511. The van der Waals surface area contributed by atoms with Crippen LogP contribution in [0.5, 0.6) is 11.5 Å². The van der Waals surface area contributed by atoms with Crippen LogP contribution in [0.25, 0.3) is 11.3 Å². The number of hydrogen-bond donors (Lipinski definition) is 1. The summed E-state index contributed by atoms with van der Waals surface area (Å²) in [6, 6.07) is 14.7. The summed E-state index contributed by atoms with van der Waals surface area (Å²) < 4.78 is 10.5. The number of benzene rings is 2. The summed E-state index contributed by atoms with van der Waals surface area (Å²) in [5, 5.41) is 3.47. The van der Waals surface area contributed by atoms with Gasteiger partial charge in [-0.15, -0.1) is 0 Å². The third-order valence-corrected chi connectivity index (χ3v) is 4.41. The Kier molecular flexibility index (Phi) is 5.93. The van der Waals surface area contributed by atoms with Gasteiger partial charge >= 0.3 is 0 Å². The largest absolute Gasteiger partial charge is 0.497 e. The molecule has 0 aliphatic rings. The predicted octanol–water partition coefficient (Wildman–Crippen LogP) is 4.14. The second-order valence-corrected chi connectivity index (χ2v) is 6.31. The third kappa shape index (κ3) is 4.38. The van der Waals surface area contributed by atoms with E-state index in [9.17, 15) is 4.79 Å². The molecule has 0 aliphatic heterocycles. The molecule has 0 saturated heterocycles. The Balaban J connectivity index is 1.98. The molecule has 0 spiro atoms. The second kappa shape index (κ2) is 8.55. The van der Waals surface area contributed by atoms with Crippen molar-refractivity contribution in [3.05, 3.63) is 60.3 Å². The highest BCUT2D eigenvalue weighted by Crippen LogP contribution is 2.28. The lowest BCUT2D eigenvalue weighted by Gasteiger charge is -2.12. The summed E-state index contributed by atoms with van der Waals surface area (Å²) in [5.41, 5.74) is 2.39. The van der Waals surface area contributed by atoms with Gasteiger partial charge in [0.25, 0.3) is 5.91 Å². The third-order valence-electron chi connectivity index (χ3n) is 3.85. The van der Waals surface area contributed by atoms with E-state index in [0.717, 1.165) is 5.56 Å². The van der Waals surface area contributed by atoms with E-state index in [1.807, 2.05) is 36.6 Å². The molecule has 1 amide bonds. The highest BCUT2D eigenvalue weighted by atomic mass is 32.2. The number of amides is 1. The molecular weight excluding hydrogens is 362 g/mol. The summed E-state index contributed by atoms with van der Waals surface area (Å²) >= 11 is 1.42. The number of nitrogens with one attached hydrogen (secondary N) is 1. The minimum Gasteiger partial charge on any atom is -0.497 e. The molecule has 0 fully saturated rings. The molecule has 0 radical (unpaired) electrons. The summed E-state index contributed by atoms with van der Waals surface area (Å²) in [7, 11) is 3.12. The molecule has 0 atom stereocenters. The molecule has 1 heterocycles. The molecule has 2 aromatic carbocycles. The van der Waals surface area contributed by atoms with E-state index in [4.69, 9.17) is 9.47 Å². The molecule has 3 aromatic rings. The molecule has 7 heteroatoms. The fourth-order valence-electron chi connectivity index (χ4n) is 2.52. The number of ether oxygens (including phenoxy) is 2. The highest BCUT2D eigenvalue weighted by Gasteiger charge is 2.17. The Morgan fingerprint density at radius 1 is 1.04 bits per heavy atom. The zero-order chi connectivity index (χ0) is 19.2. The van der Waals surface area contributed by atoms with Gasteiger partial charge in [-0.25, -0.2) is 9.97 Å². The van der Waals surface area contributed by atoms with Gasteiger partial charge in [0.15, 0.2) is 5.16 Å². The number of rotatable bonds is 6. The smallest absolute Gasteiger partial charge is 0.259 e. The van der Waals surface area contributed by atoms with Crippen LogP contribution in [0.15, 0.2) is 59.9 Å². The number of methoxy groups -OCH3 is 2. The summed E-state index contributed by atoms with van der Waals surface area (Å²) in [5.74, 6) is 0.862. The van der Waals surface area contributed by atoms with Crippen LogP contribution in [0.4, 0.5) is 5.69 Å². The summed E-state index contributed by atoms with van der Waals surface area (Å²) in [6.45, 7) is 0. The van der Waals surface area contributed by atoms with Gasteiger partial charge in [-0.3, -0.25) is 4.79 Å². The van der Waals surface area contributed by atoms with Crippen molar-refractivity contribution < 1.29 is 14.3 Å². The van der Waals surface area contributed by atoms with Gasteiger partial charge < -0.3 is 14.8 Å². The Bertz CT molecular complexity index is 926. The molecule has 6 nitrogen and oxygen atoms in total. The first kappa shape index (κ1) is 18.7. The minimum absolute atomic E-state index is 0.309. The van der Waals surface area contributed by atoms with Gasteiger partial charge in [0, 0.05) is 35.6 Å². The van der Waals surface area contributed by atoms with E-state index in [-0.39, 0.29) is 5.91 Å². The van der Waals surface area contributed by atoms with Crippen molar-refractivity contribution in [1.29, 1.82) is 0 Å². The first-order valence-corrected chi connectivity index (χ1v) is 9.38. The fourth-order valence-corrected chi connectivity index (χ4v) is 2.86. The van der Waals surface area contributed by atoms with Gasteiger partial charge in [-0.05, 0) is 6.26 Å². The first-order valence-electron chi connectivity index (χ1n) is 8.15. The van der Waals surface area contributed by atoms with Crippen molar-refractivity contribution in [2.24, 2.45) is 0 Å². The standard InChI is InChI=1S/C20H19N3O3S/c1-25-15-9-14(10-16(11-15)26-2)22-19(24)17-12-21-20(27-3)23-18(17)13-7-5-4-6-8-13/h4-12H,1-3H3,(H,22,24). The highest BCUT2D eigenvalue weighted by molar-refractivity contribution is 7.98. The van der Waals surface area contributed by atoms with Crippen LogP contribution in [0.2, 0.25) is 0 Å². The molecule has 0 unspecified atom stereocenters. The van der Waals surface area contributed by atoms with Crippen LogP contribution in [0.3, 0.4) is 0 Å². The lowest BCUT2D eigenvalue weighted by molar-refractivity contribution is 0.102. The van der Waals surface area contributed by atoms with Crippen LogP contribution >= 0.6 is 11.8 Å². The number of thioether (sulfide) groups is 1. The summed E-state index contributed by atoms with van der Waals surface area (Å²) in [6.07, 6.45) is 3.44. The second-order valence-electron chi connectivity index (χ2n) is 5.54. The predicted molar refractivity (Wildman–Crippen MR) is 107 cm³/mol. The lowest BCUT2D eigenvalue weighted by Crippen LogP contribution is -2.15. The van der Waals surface area contributed by atoms with Crippen LogP contribution in [0, 0.1) is 0 Å². The number of nitrogens with zero attached hydrogens (tertiary/aromatic N) is 2. The molecule has 3 rings (SSSR count). The van der Waals surface area contributed by atoms with Gasteiger partial charge in [-0.1, -0.05) is 42.1 Å². The minimum atomic E-state index is -0.309. The Morgan fingerprint density at radius 3 is 2.30 bits per heavy atom. The van der Waals surface area contributed by atoms with Gasteiger partial charge in [0.1, 0.15) is 11.5 Å². The zero-order valence-corrected chi connectivity index (χ0v) is 16.0. The Hall–Kier alpha value is -3.06. The molecule has 1 aromatic heterocycles. The van der Waals surface area contributed by atoms with E-state index in [1.165, 1.54) is 11.8 Å². The van der Waals surface area contributed by atoms with Crippen LogP contribution in [-0.4, -0.2) is 36.4 Å². The molecule has 0 saturated carbocycles. The molecule has 1 N–H and O–H groups in total. The van der Waals surface area contributed by atoms with Gasteiger partial charge in [-0.2, -0.15) is 0 Å². The molecule has 0 aliphatic carbocycles. The van der Waals surface area contributed by atoms with Crippen LogP contribution in [-0.2, 0) is 0 Å². The molecule has 27 heavy (non-hydrogen) atoms. The SMILES string of the molecule is COc1cc(NC(=O)c2cnc(SC)nc2-c2ccccc2)cc(OC)c1.